The smallest absolute Gasteiger partial charge is 0.147 e. The minimum Gasteiger partial charge on any atom is -0.392 e. The molecule has 3 nitrogen and oxygen atoms in total. The van der Waals surface area contributed by atoms with Crippen LogP contribution in [0.1, 0.15) is 38.2 Å². The molecule has 2 N–H and O–H groups in total. The van der Waals surface area contributed by atoms with Gasteiger partial charge in [-0.2, -0.15) is 5.26 Å². The van der Waals surface area contributed by atoms with E-state index in [-0.39, 0.29) is 11.5 Å². The molecule has 0 amide bonds. The lowest BCUT2D eigenvalue weighted by Crippen LogP contribution is -2.41. The van der Waals surface area contributed by atoms with E-state index in [9.17, 15) is 9.50 Å². The van der Waals surface area contributed by atoms with Crippen LogP contribution in [0.4, 0.5) is 10.1 Å². The molecular weight excluding hydrogens is 243 g/mol. The molecule has 2 rings (SSSR count). The lowest BCUT2D eigenvalue weighted by molar-refractivity contribution is 0.00959. The summed E-state index contributed by atoms with van der Waals surface area (Å²) in [6, 6.07) is 6.30. The number of halogens is 1. The van der Waals surface area contributed by atoms with Crippen LogP contribution in [-0.4, -0.2) is 17.8 Å². The van der Waals surface area contributed by atoms with Crippen molar-refractivity contribution in [3.05, 3.63) is 29.6 Å². The summed E-state index contributed by atoms with van der Waals surface area (Å²) in [5.74, 6) is -0.423. The van der Waals surface area contributed by atoms with Crippen molar-refractivity contribution in [3.63, 3.8) is 0 Å². The van der Waals surface area contributed by atoms with Crippen LogP contribution in [0.15, 0.2) is 18.2 Å². The Bertz CT molecular complexity index is 497. The maximum atomic E-state index is 13.7. The average molecular weight is 262 g/mol. The largest absolute Gasteiger partial charge is 0.392 e. The fourth-order valence-corrected chi connectivity index (χ4v) is 2.61. The Kier molecular flexibility index (Phi) is 4.06. The first-order valence-electron chi connectivity index (χ1n) is 6.67. The Morgan fingerprint density at radius 2 is 2.32 bits per heavy atom. The third-order valence-corrected chi connectivity index (χ3v) is 4.06. The molecule has 102 valence electrons. The summed E-state index contributed by atoms with van der Waals surface area (Å²) >= 11 is 0. The van der Waals surface area contributed by atoms with Crippen LogP contribution in [0.5, 0.6) is 0 Å². The van der Waals surface area contributed by atoms with E-state index in [0.29, 0.717) is 17.8 Å². The number of nitrogens with zero attached hydrogens (tertiary/aromatic N) is 1. The molecule has 0 aliphatic heterocycles. The van der Waals surface area contributed by atoms with Gasteiger partial charge in [0.15, 0.2) is 0 Å². The number of hydrogen-bond donors (Lipinski definition) is 2. The highest BCUT2D eigenvalue weighted by atomic mass is 19.1. The minimum atomic E-state index is -0.423. The van der Waals surface area contributed by atoms with E-state index in [0.717, 1.165) is 25.7 Å². The molecule has 19 heavy (non-hydrogen) atoms. The Morgan fingerprint density at radius 1 is 1.53 bits per heavy atom. The van der Waals surface area contributed by atoms with Crippen molar-refractivity contribution < 1.29 is 9.50 Å². The third-order valence-electron chi connectivity index (χ3n) is 4.06. The van der Waals surface area contributed by atoms with Gasteiger partial charge in [0.1, 0.15) is 5.82 Å². The number of aliphatic hydroxyl groups excluding tert-OH is 1. The highest BCUT2D eigenvalue weighted by molar-refractivity contribution is 5.48. The van der Waals surface area contributed by atoms with Gasteiger partial charge in [-0.05, 0) is 31.0 Å². The quantitative estimate of drug-likeness (QED) is 0.880. The predicted octanol–water partition coefficient (Wildman–Crippen LogP) is 3.05. The van der Waals surface area contributed by atoms with Crippen molar-refractivity contribution in [3.8, 4) is 6.07 Å². The Morgan fingerprint density at radius 3 is 2.95 bits per heavy atom. The van der Waals surface area contributed by atoms with Gasteiger partial charge in [0, 0.05) is 12.0 Å². The summed E-state index contributed by atoms with van der Waals surface area (Å²) in [6.07, 6.45) is 3.58. The standard InChI is InChI=1S/C15H19FN2O/c1-15(7-3-2-4-14(15)19)10-18-13-6-5-11(9-17)8-12(13)16/h5-6,8,14,18-19H,2-4,7,10H2,1H3. The second kappa shape index (κ2) is 5.58. The normalized spacial score (nSPS) is 26.7. The van der Waals surface area contributed by atoms with Gasteiger partial charge in [-0.3, -0.25) is 0 Å². The number of anilines is 1. The van der Waals surface area contributed by atoms with Crippen molar-refractivity contribution in [1.82, 2.24) is 0 Å². The molecule has 1 aromatic carbocycles. The van der Waals surface area contributed by atoms with Crippen molar-refractivity contribution in [2.45, 2.75) is 38.7 Å². The molecule has 1 aromatic rings. The lowest BCUT2D eigenvalue weighted by atomic mass is 9.73. The summed E-state index contributed by atoms with van der Waals surface area (Å²) in [4.78, 5) is 0. The summed E-state index contributed by atoms with van der Waals surface area (Å²) in [5, 5.41) is 21.8. The van der Waals surface area contributed by atoms with Crippen LogP contribution < -0.4 is 5.32 Å². The fourth-order valence-electron chi connectivity index (χ4n) is 2.61. The average Bonchev–Trinajstić information content (AvgIpc) is 2.41. The monoisotopic (exact) mass is 262 g/mol. The molecule has 1 saturated carbocycles. The molecule has 1 aliphatic rings. The summed E-state index contributed by atoms with van der Waals surface area (Å²) in [5.41, 5.74) is 0.489. The molecule has 1 aliphatic carbocycles. The summed E-state index contributed by atoms with van der Waals surface area (Å²) in [7, 11) is 0. The van der Waals surface area contributed by atoms with Crippen LogP contribution in [0, 0.1) is 22.6 Å². The van der Waals surface area contributed by atoms with Gasteiger partial charge in [0.2, 0.25) is 0 Å². The van der Waals surface area contributed by atoms with Crippen LogP contribution in [0.25, 0.3) is 0 Å². The minimum absolute atomic E-state index is 0.210. The van der Waals surface area contributed by atoms with Crippen LogP contribution in [0.2, 0.25) is 0 Å². The number of nitrogens with one attached hydrogen (secondary N) is 1. The molecule has 2 unspecified atom stereocenters. The zero-order valence-corrected chi connectivity index (χ0v) is 11.1. The molecule has 0 heterocycles. The Balaban J connectivity index is 2.04. The number of aliphatic hydroxyl groups is 1. The Labute approximate surface area is 113 Å². The maximum absolute atomic E-state index is 13.7. The van der Waals surface area contributed by atoms with E-state index in [1.54, 1.807) is 12.1 Å². The molecule has 0 radical (unpaired) electrons. The van der Waals surface area contributed by atoms with Gasteiger partial charge in [0.25, 0.3) is 0 Å². The number of hydrogen-bond acceptors (Lipinski definition) is 3. The van der Waals surface area contributed by atoms with E-state index in [4.69, 9.17) is 5.26 Å². The van der Waals surface area contributed by atoms with Crippen LogP contribution in [0.3, 0.4) is 0 Å². The first-order valence-corrected chi connectivity index (χ1v) is 6.67. The summed E-state index contributed by atoms with van der Waals surface area (Å²) in [6.45, 7) is 2.57. The van der Waals surface area contributed by atoms with Gasteiger partial charge in [-0.1, -0.05) is 19.8 Å². The highest BCUT2D eigenvalue weighted by Gasteiger charge is 2.35. The van der Waals surface area contributed by atoms with Crippen LogP contribution in [-0.2, 0) is 0 Å². The highest BCUT2D eigenvalue weighted by Crippen LogP contribution is 2.36. The molecule has 2 atom stereocenters. The fraction of sp³-hybridized carbons (Fsp3) is 0.533. The van der Waals surface area contributed by atoms with Gasteiger partial charge < -0.3 is 10.4 Å². The van der Waals surface area contributed by atoms with Gasteiger partial charge in [-0.15, -0.1) is 0 Å². The van der Waals surface area contributed by atoms with E-state index in [2.05, 4.69) is 5.32 Å². The molecule has 0 saturated heterocycles. The molecular formula is C15H19FN2O. The van der Waals surface area contributed by atoms with Crippen molar-refractivity contribution in [2.24, 2.45) is 5.41 Å². The number of benzene rings is 1. The van der Waals surface area contributed by atoms with Gasteiger partial charge in [-0.25, -0.2) is 4.39 Å². The molecule has 4 heteroatoms. The maximum Gasteiger partial charge on any atom is 0.147 e. The van der Waals surface area contributed by atoms with Crippen LogP contribution >= 0.6 is 0 Å². The second-order valence-corrected chi connectivity index (χ2v) is 5.58. The first-order chi connectivity index (χ1) is 9.05. The molecule has 1 fully saturated rings. The molecule has 0 aromatic heterocycles. The van der Waals surface area contributed by atoms with Crippen molar-refractivity contribution in [2.75, 3.05) is 11.9 Å². The zero-order valence-electron chi connectivity index (χ0n) is 11.1. The van der Waals surface area contributed by atoms with E-state index in [1.807, 2.05) is 13.0 Å². The first kappa shape index (κ1) is 13.8. The van der Waals surface area contributed by atoms with E-state index >= 15 is 0 Å². The topological polar surface area (TPSA) is 56.0 Å². The van der Waals surface area contributed by atoms with Crippen molar-refractivity contribution in [1.29, 1.82) is 5.26 Å². The predicted molar refractivity (Wildman–Crippen MR) is 72.2 cm³/mol. The number of nitriles is 1. The lowest BCUT2D eigenvalue weighted by Gasteiger charge is -2.38. The summed E-state index contributed by atoms with van der Waals surface area (Å²) < 4.78 is 13.7. The molecule has 0 spiro atoms. The van der Waals surface area contributed by atoms with Crippen molar-refractivity contribution >= 4 is 5.69 Å². The van der Waals surface area contributed by atoms with Gasteiger partial charge in [0.05, 0.1) is 23.4 Å². The molecule has 0 bridgehead atoms. The van der Waals surface area contributed by atoms with E-state index in [1.165, 1.54) is 6.07 Å². The SMILES string of the molecule is CC1(CNc2ccc(C#N)cc2F)CCCCC1O. The zero-order chi connectivity index (χ0) is 13.9. The third kappa shape index (κ3) is 3.05. The van der Waals surface area contributed by atoms with E-state index < -0.39 is 5.82 Å². The Hall–Kier alpha value is -1.60. The number of rotatable bonds is 3. The second-order valence-electron chi connectivity index (χ2n) is 5.58. The van der Waals surface area contributed by atoms with Gasteiger partial charge >= 0.3 is 0 Å².